The van der Waals surface area contributed by atoms with Gasteiger partial charge < -0.3 is 10.0 Å². The van der Waals surface area contributed by atoms with Crippen LogP contribution in [-0.4, -0.2) is 28.9 Å². The van der Waals surface area contributed by atoms with Crippen LogP contribution in [0.15, 0.2) is 24.3 Å². The van der Waals surface area contributed by atoms with E-state index in [0.29, 0.717) is 19.4 Å². The fourth-order valence-corrected chi connectivity index (χ4v) is 2.45. The zero-order valence-electron chi connectivity index (χ0n) is 11.4. The number of hydrogen-bond acceptors (Lipinski definition) is 2. The average molecular weight is 279 g/mol. The van der Waals surface area contributed by atoms with Gasteiger partial charge in [-0.05, 0) is 30.5 Å². The molecule has 1 fully saturated rings. The predicted molar refractivity (Wildman–Crippen MR) is 71.4 cm³/mol. The molecule has 0 radical (unpaired) electrons. The van der Waals surface area contributed by atoms with Crippen molar-refractivity contribution in [2.75, 3.05) is 7.05 Å². The maximum Gasteiger partial charge on any atom is 0.310 e. The minimum Gasteiger partial charge on any atom is -0.481 e. The Morgan fingerprint density at radius 1 is 1.30 bits per heavy atom. The Morgan fingerprint density at radius 3 is 2.35 bits per heavy atom. The molecule has 0 atom stereocenters. The summed E-state index contributed by atoms with van der Waals surface area (Å²) in [7, 11) is 1.64. The van der Waals surface area contributed by atoms with Crippen molar-refractivity contribution in [3.63, 3.8) is 0 Å². The summed E-state index contributed by atoms with van der Waals surface area (Å²) in [5.74, 6) is -1.38. The number of aliphatic carboxylic acids is 1. The maximum absolute atomic E-state index is 12.8. The lowest BCUT2D eigenvalue weighted by molar-refractivity contribution is -0.159. The summed E-state index contributed by atoms with van der Waals surface area (Å²) < 4.78 is 12.8. The highest BCUT2D eigenvalue weighted by molar-refractivity contribution is 5.85. The highest BCUT2D eigenvalue weighted by Crippen LogP contribution is 2.44. The molecule has 1 aromatic carbocycles. The summed E-state index contributed by atoms with van der Waals surface area (Å²) in [6.45, 7) is 0.356. The standard InChI is InChI=1S/C15H18FNO3/c1-17(10-11-3-5-12(16)6-4-11)13(18)9-15(14(19)20)7-2-8-15/h3-6H,2,7-10H2,1H3,(H,19,20). The third-order valence-electron chi connectivity index (χ3n) is 4.01. The molecule has 1 aromatic rings. The van der Waals surface area contributed by atoms with Crippen LogP contribution in [0.2, 0.25) is 0 Å². The van der Waals surface area contributed by atoms with Crippen molar-refractivity contribution < 1.29 is 19.1 Å². The summed E-state index contributed by atoms with van der Waals surface area (Å²) in [5.41, 5.74) is -0.0473. The van der Waals surface area contributed by atoms with Crippen LogP contribution in [0.5, 0.6) is 0 Å². The molecular formula is C15H18FNO3. The zero-order valence-corrected chi connectivity index (χ0v) is 11.4. The normalized spacial score (nSPS) is 16.3. The first-order valence-electron chi connectivity index (χ1n) is 6.65. The fraction of sp³-hybridized carbons (Fsp3) is 0.467. The summed E-state index contributed by atoms with van der Waals surface area (Å²) >= 11 is 0. The summed E-state index contributed by atoms with van der Waals surface area (Å²) in [5, 5.41) is 9.22. The number of carboxylic acid groups (broad SMARTS) is 1. The second-order valence-electron chi connectivity index (χ2n) is 5.49. The highest BCUT2D eigenvalue weighted by Gasteiger charge is 2.46. The van der Waals surface area contributed by atoms with E-state index >= 15 is 0 Å². The molecule has 1 amide bonds. The quantitative estimate of drug-likeness (QED) is 0.900. The average Bonchev–Trinajstić information content (AvgIpc) is 2.35. The number of carbonyl (C=O) groups is 2. The fourth-order valence-electron chi connectivity index (χ4n) is 2.45. The SMILES string of the molecule is CN(Cc1ccc(F)cc1)C(=O)CC1(C(=O)O)CCC1. The van der Waals surface area contributed by atoms with E-state index in [-0.39, 0.29) is 18.1 Å². The van der Waals surface area contributed by atoms with E-state index in [9.17, 15) is 19.1 Å². The van der Waals surface area contributed by atoms with Gasteiger partial charge in [0, 0.05) is 20.0 Å². The van der Waals surface area contributed by atoms with Crippen LogP contribution in [-0.2, 0) is 16.1 Å². The molecule has 0 heterocycles. The van der Waals surface area contributed by atoms with Crippen molar-refractivity contribution in [3.8, 4) is 0 Å². The van der Waals surface area contributed by atoms with Crippen molar-refractivity contribution in [2.24, 2.45) is 5.41 Å². The Labute approximate surface area is 117 Å². The topological polar surface area (TPSA) is 57.6 Å². The van der Waals surface area contributed by atoms with Crippen molar-refractivity contribution in [1.29, 1.82) is 0 Å². The number of carboxylic acids is 1. The summed E-state index contributed by atoms with van der Waals surface area (Å²) in [4.78, 5) is 24.9. The van der Waals surface area contributed by atoms with E-state index < -0.39 is 11.4 Å². The second-order valence-corrected chi connectivity index (χ2v) is 5.49. The van der Waals surface area contributed by atoms with E-state index in [1.807, 2.05) is 0 Å². The summed E-state index contributed by atoms with van der Waals surface area (Å²) in [6.07, 6.45) is 2.04. The van der Waals surface area contributed by atoms with Crippen LogP contribution in [0.1, 0.15) is 31.2 Å². The molecule has 20 heavy (non-hydrogen) atoms. The predicted octanol–water partition coefficient (Wildman–Crippen LogP) is 2.43. The van der Waals surface area contributed by atoms with Crippen molar-refractivity contribution in [3.05, 3.63) is 35.6 Å². The first-order chi connectivity index (χ1) is 9.43. The van der Waals surface area contributed by atoms with Gasteiger partial charge in [-0.3, -0.25) is 9.59 Å². The Morgan fingerprint density at radius 2 is 1.90 bits per heavy atom. The van der Waals surface area contributed by atoms with Crippen LogP contribution in [0.25, 0.3) is 0 Å². The van der Waals surface area contributed by atoms with Gasteiger partial charge in [-0.1, -0.05) is 18.6 Å². The van der Waals surface area contributed by atoms with Gasteiger partial charge in [0.25, 0.3) is 0 Å². The molecule has 4 nitrogen and oxygen atoms in total. The lowest BCUT2D eigenvalue weighted by Crippen LogP contribution is -2.42. The third kappa shape index (κ3) is 2.98. The Bertz CT molecular complexity index is 508. The van der Waals surface area contributed by atoms with Crippen LogP contribution in [0.4, 0.5) is 4.39 Å². The molecule has 108 valence electrons. The van der Waals surface area contributed by atoms with Crippen LogP contribution in [0, 0.1) is 11.2 Å². The van der Waals surface area contributed by atoms with Crippen molar-refractivity contribution >= 4 is 11.9 Å². The van der Waals surface area contributed by atoms with Crippen molar-refractivity contribution in [2.45, 2.75) is 32.2 Å². The van der Waals surface area contributed by atoms with E-state index in [0.717, 1.165) is 12.0 Å². The minimum atomic E-state index is -0.882. The van der Waals surface area contributed by atoms with Crippen LogP contribution in [0.3, 0.4) is 0 Å². The summed E-state index contributed by atoms with van der Waals surface area (Å²) in [6, 6.07) is 5.93. The molecule has 1 saturated carbocycles. The number of carbonyl (C=O) groups excluding carboxylic acids is 1. The molecule has 0 saturated heterocycles. The number of hydrogen-bond donors (Lipinski definition) is 1. The number of benzene rings is 1. The first kappa shape index (κ1) is 14.5. The molecule has 5 heteroatoms. The molecule has 0 spiro atoms. The molecule has 1 aliphatic carbocycles. The molecular weight excluding hydrogens is 261 g/mol. The van der Waals surface area contributed by atoms with Crippen LogP contribution < -0.4 is 0 Å². The molecule has 2 rings (SSSR count). The first-order valence-corrected chi connectivity index (χ1v) is 6.65. The second kappa shape index (κ2) is 5.61. The molecule has 0 unspecified atom stereocenters. The highest BCUT2D eigenvalue weighted by atomic mass is 19.1. The zero-order chi connectivity index (χ0) is 14.8. The monoisotopic (exact) mass is 279 g/mol. The maximum atomic E-state index is 12.8. The van der Waals surface area contributed by atoms with Gasteiger partial charge in [0.2, 0.25) is 5.91 Å². The van der Waals surface area contributed by atoms with Crippen LogP contribution >= 0.6 is 0 Å². The molecule has 1 aliphatic rings. The third-order valence-corrected chi connectivity index (χ3v) is 4.01. The lowest BCUT2D eigenvalue weighted by Gasteiger charge is -2.38. The smallest absolute Gasteiger partial charge is 0.310 e. The van der Waals surface area contributed by atoms with E-state index in [1.54, 1.807) is 19.2 Å². The van der Waals surface area contributed by atoms with Gasteiger partial charge in [0.15, 0.2) is 0 Å². The van der Waals surface area contributed by atoms with E-state index in [4.69, 9.17) is 0 Å². The van der Waals surface area contributed by atoms with Gasteiger partial charge in [-0.25, -0.2) is 4.39 Å². The van der Waals surface area contributed by atoms with Gasteiger partial charge in [-0.2, -0.15) is 0 Å². The Balaban J connectivity index is 1.95. The van der Waals surface area contributed by atoms with Gasteiger partial charge in [0.1, 0.15) is 5.82 Å². The molecule has 0 bridgehead atoms. The molecule has 0 aliphatic heterocycles. The molecule has 1 N–H and O–H groups in total. The number of halogens is 1. The number of amides is 1. The van der Waals surface area contributed by atoms with Gasteiger partial charge >= 0.3 is 5.97 Å². The van der Waals surface area contributed by atoms with Gasteiger partial charge in [0.05, 0.1) is 5.41 Å². The van der Waals surface area contributed by atoms with E-state index in [2.05, 4.69) is 0 Å². The largest absolute Gasteiger partial charge is 0.481 e. The Kier molecular flexibility index (Phi) is 4.06. The van der Waals surface area contributed by atoms with Gasteiger partial charge in [-0.15, -0.1) is 0 Å². The Hall–Kier alpha value is -1.91. The van der Waals surface area contributed by atoms with Crippen molar-refractivity contribution in [1.82, 2.24) is 4.90 Å². The number of rotatable bonds is 5. The minimum absolute atomic E-state index is 0.0417. The lowest BCUT2D eigenvalue weighted by atomic mass is 9.66. The van der Waals surface area contributed by atoms with E-state index in [1.165, 1.54) is 17.0 Å². The number of nitrogens with zero attached hydrogens (tertiary/aromatic N) is 1. The molecule has 0 aromatic heterocycles.